The molecule has 3 aromatic heterocycles. The number of hydrogen-bond donors (Lipinski definition) is 1. The predicted octanol–water partition coefficient (Wildman–Crippen LogP) is 3.26. The van der Waals surface area contributed by atoms with Crippen molar-refractivity contribution in [3.8, 4) is 11.3 Å². The molecule has 0 radical (unpaired) electrons. The van der Waals surface area contributed by atoms with Gasteiger partial charge in [0.1, 0.15) is 22.0 Å². The molecule has 1 N–H and O–H groups in total. The standard InChI is InChI=1S/C26H22F5N5O5S2/c1-33-8-4-7-25(33,22(39)40)36-15(13-5-6-14(27)18(19(13)28)26(29,30)31)11-43-23(36)32-16(37)9-12-10-42-21-17(12)20(38)34(2)24(41)35(21)3/h5-6,10-11H,4,7-9H2,1-3H3,(H,39,40)/t25-/m1/s1. The highest BCUT2D eigenvalue weighted by molar-refractivity contribution is 7.17. The minimum absolute atomic E-state index is 0.0574. The Morgan fingerprint density at radius 1 is 1.07 bits per heavy atom. The molecule has 1 aromatic carbocycles. The van der Waals surface area contributed by atoms with E-state index in [1.54, 1.807) is 0 Å². The zero-order valence-electron chi connectivity index (χ0n) is 22.7. The first-order chi connectivity index (χ1) is 20.1. The Morgan fingerprint density at radius 2 is 1.77 bits per heavy atom. The molecule has 4 heterocycles. The number of carboxylic acids is 1. The molecular weight excluding hydrogens is 621 g/mol. The number of thiazole rings is 1. The summed E-state index contributed by atoms with van der Waals surface area (Å²) in [6.07, 6.45) is -5.52. The quantitative estimate of drug-likeness (QED) is 0.334. The van der Waals surface area contributed by atoms with Crippen LogP contribution in [0.15, 0.2) is 37.5 Å². The molecule has 1 saturated heterocycles. The first kappa shape index (κ1) is 30.5. The lowest BCUT2D eigenvalue weighted by molar-refractivity contribution is -0.155. The fourth-order valence-electron chi connectivity index (χ4n) is 5.40. The van der Waals surface area contributed by atoms with Gasteiger partial charge in [0.05, 0.1) is 17.5 Å². The third-order valence-corrected chi connectivity index (χ3v) is 9.46. The van der Waals surface area contributed by atoms with Crippen molar-refractivity contribution in [3.63, 3.8) is 0 Å². The van der Waals surface area contributed by atoms with E-state index in [2.05, 4.69) is 4.99 Å². The van der Waals surface area contributed by atoms with Crippen LogP contribution in [0.5, 0.6) is 0 Å². The third-order valence-electron chi connectivity index (χ3n) is 7.53. The molecule has 1 aliphatic rings. The summed E-state index contributed by atoms with van der Waals surface area (Å²) in [5.74, 6) is -6.04. The highest BCUT2D eigenvalue weighted by Crippen LogP contribution is 2.41. The van der Waals surface area contributed by atoms with Crippen molar-refractivity contribution in [2.24, 2.45) is 19.1 Å². The van der Waals surface area contributed by atoms with Crippen LogP contribution in [-0.2, 0) is 41.9 Å². The molecule has 10 nitrogen and oxygen atoms in total. The van der Waals surface area contributed by atoms with Crippen molar-refractivity contribution >= 4 is 44.8 Å². The van der Waals surface area contributed by atoms with Crippen molar-refractivity contribution in [1.82, 2.24) is 18.6 Å². The summed E-state index contributed by atoms with van der Waals surface area (Å²) in [5, 5.41) is 13.2. The Morgan fingerprint density at radius 3 is 2.37 bits per heavy atom. The van der Waals surface area contributed by atoms with Gasteiger partial charge in [-0.2, -0.15) is 18.2 Å². The molecule has 17 heteroatoms. The Labute approximate surface area is 246 Å². The maximum absolute atomic E-state index is 15.3. The van der Waals surface area contributed by atoms with Gasteiger partial charge in [0, 0.05) is 31.6 Å². The lowest BCUT2D eigenvalue weighted by Crippen LogP contribution is -2.54. The van der Waals surface area contributed by atoms with Crippen LogP contribution >= 0.6 is 22.7 Å². The second-order valence-electron chi connectivity index (χ2n) is 10.00. The fraction of sp³-hybridized carbons (Fsp3) is 0.346. The molecule has 1 atom stereocenters. The number of likely N-dealkylation sites (tertiary alicyclic amines) is 1. The number of hydrogen-bond acceptors (Lipinski definition) is 7. The molecule has 1 amide bonds. The maximum atomic E-state index is 15.3. The van der Waals surface area contributed by atoms with Gasteiger partial charge in [0.15, 0.2) is 10.5 Å². The van der Waals surface area contributed by atoms with Crippen LogP contribution in [0.25, 0.3) is 21.5 Å². The van der Waals surface area contributed by atoms with E-state index in [0.717, 1.165) is 31.9 Å². The summed E-state index contributed by atoms with van der Waals surface area (Å²) in [4.78, 5) is 56.7. The number of benzene rings is 1. The van der Waals surface area contributed by atoms with Crippen LogP contribution in [0.4, 0.5) is 22.0 Å². The van der Waals surface area contributed by atoms with E-state index in [1.807, 2.05) is 0 Å². The van der Waals surface area contributed by atoms with Gasteiger partial charge in [-0.15, -0.1) is 22.7 Å². The summed E-state index contributed by atoms with van der Waals surface area (Å²) >= 11 is 1.76. The summed E-state index contributed by atoms with van der Waals surface area (Å²) in [6.45, 7) is 0.255. The minimum Gasteiger partial charge on any atom is -0.478 e. The van der Waals surface area contributed by atoms with E-state index < -0.39 is 64.1 Å². The van der Waals surface area contributed by atoms with Crippen molar-refractivity contribution in [2.75, 3.05) is 13.6 Å². The SMILES string of the molecule is CN1CCC[C@]1(C(=O)O)n1c(-c2ccc(F)c(C(F)(F)F)c2F)csc1=NC(=O)Cc1csc2c1c(=O)n(C)c(=O)n2C. The number of carboxylic acid groups (broad SMARTS) is 1. The molecule has 1 aliphatic heterocycles. The largest absolute Gasteiger partial charge is 0.478 e. The van der Waals surface area contributed by atoms with Crippen LogP contribution in [0, 0.1) is 11.6 Å². The minimum atomic E-state index is -5.38. The molecule has 228 valence electrons. The molecule has 5 rings (SSSR count). The number of rotatable bonds is 5. The summed E-state index contributed by atoms with van der Waals surface area (Å²) in [5.41, 5.74) is -6.10. The molecule has 1 fully saturated rings. The summed E-state index contributed by atoms with van der Waals surface area (Å²) in [6, 6.07) is 1.21. The second kappa shape index (κ2) is 10.6. The molecule has 4 aromatic rings. The Bertz CT molecular complexity index is 2000. The van der Waals surface area contributed by atoms with Crippen molar-refractivity contribution in [1.29, 1.82) is 0 Å². The van der Waals surface area contributed by atoms with Gasteiger partial charge in [0.2, 0.25) is 0 Å². The van der Waals surface area contributed by atoms with Gasteiger partial charge < -0.3 is 5.11 Å². The molecular formula is C26H22F5N5O5S2. The van der Waals surface area contributed by atoms with Crippen LogP contribution in [0.1, 0.15) is 24.0 Å². The van der Waals surface area contributed by atoms with Crippen molar-refractivity contribution in [2.45, 2.75) is 31.1 Å². The molecule has 0 spiro atoms. The van der Waals surface area contributed by atoms with Crippen LogP contribution in [0.3, 0.4) is 0 Å². The van der Waals surface area contributed by atoms with Gasteiger partial charge in [-0.05, 0) is 43.0 Å². The summed E-state index contributed by atoms with van der Waals surface area (Å²) < 4.78 is 73.2. The monoisotopic (exact) mass is 643 g/mol. The van der Waals surface area contributed by atoms with Crippen LogP contribution in [-0.4, -0.2) is 49.2 Å². The number of thiophene rings is 1. The van der Waals surface area contributed by atoms with Crippen LogP contribution in [0.2, 0.25) is 0 Å². The highest BCUT2D eigenvalue weighted by Gasteiger charge is 2.50. The fourth-order valence-corrected chi connectivity index (χ4v) is 7.38. The number of amides is 1. The maximum Gasteiger partial charge on any atom is 0.422 e. The van der Waals surface area contributed by atoms with E-state index in [1.165, 1.54) is 36.0 Å². The predicted molar refractivity (Wildman–Crippen MR) is 147 cm³/mol. The number of aromatic nitrogens is 3. The molecule has 0 aliphatic carbocycles. The van der Waals surface area contributed by atoms with Crippen molar-refractivity contribution in [3.05, 3.63) is 71.3 Å². The lowest BCUT2D eigenvalue weighted by Gasteiger charge is -2.34. The van der Waals surface area contributed by atoms with Gasteiger partial charge in [-0.3, -0.25) is 28.2 Å². The van der Waals surface area contributed by atoms with E-state index in [9.17, 15) is 41.8 Å². The zero-order chi connectivity index (χ0) is 31.6. The number of fused-ring (bicyclic) bond motifs is 1. The smallest absolute Gasteiger partial charge is 0.422 e. The Balaban J connectivity index is 1.72. The van der Waals surface area contributed by atoms with Gasteiger partial charge in [-0.25, -0.2) is 18.4 Å². The molecule has 0 unspecified atom stereocenters. The Kier molecular flexibility index (Phi) is 7.55. The average molecular weight is 644 g/mol. The zero-order valence-corrected chi connectivity index (χ0v) is 24.3. The normalized spacial score (nSPS) is 18.2. The van der Waals surface area contributed by atoms with Gasteiger partial charge >= 0.3 is 17.8 Å². The number of carbonyl (C=O) groups excluding carboxylic acids is 1. The molecule has 43 heavy (non-hydrogen) atoms. The van der Waals surface area contributed by atoms with E-state index in [0.29, 0.717) is 28.7 Å². The number of halogens is 5. The number of nitrogens with zero attached hydrogens (tertiary/aromatic N) is 5. The average Bonchev–Trinajstić information content (AvgIpc) is 3.63. The lowest BCUT2D eigenvalue weighted by atomic mass is 10.0. The highest BCUT2D eigenvalue weighted by atomic mass is 32.1. The second-order valence-corrected chi connectivity index (χ2v) is 11.7. The first-order valence-electron chi connectivity index (χ1n) is 12.6. The molecule has 0 bridgehead atoms. The number of aliphatic carboxylic acids is 1. The van der Waals surface area contributed by atoms with Crippen LogP contribution < -0.4 is 16.1 Å². The topological polar surface area (TPSA) is 119 Å². The number of likely N-dealkylation sites (N-methyl/N-ethyl adjacent to an activating group) is 1. The molecule has 0 saturated carbocycles. The number of carbonyl (C=O) groups is 2. The van der Waals surface area contributed by atoms with E-state index in [4.69, 9.17) is 0 Å². The third kappa shape index (κ3) is 4.75. The van der Waals surface area contributed by atoms with Crippen molar-refractivity contribution < 1.29 is 36.6 Å². The van der Waals surface area contributed by atoms with Gasteiger partial charge in [-0.1, -0.05) is 0 Å². The van der Waals surface area contributed by atoms with E-state index in [-0.39, 0.29) is 34.4 Å². The van der Waals surface area contributed by atoms with E-state index >= 15 is 4.39 Å². The summed E-state index contributed by atoms with van der Waals surface area (Å²) in [7, 11) is 4.21. The van der Waals surface area contributed by atoms with Gasteiger partial charge in [0.25, 0.3) is 11.5 Å². The Hall–Kier alpha value is -3.96. The number of aryl methyl sites for hydroxylation is 1. The first-order valence-corrected chi connectivity index (χ1v) is 14.3. The number of alkyl halides is 3.